The molecule has 6 rings (SSSR count). The zero-order chi connectivity index (χ0) is 36.8. The third-order valence-electron chi connectivity index (χ3n) is 10.7. The SMILES string of the molecule is COC1=CC=C2c3c(cc(OC)c(OC)c3OC)CCC(NC(=O)OCC3c4cc(C(C)(C)C)ccc4-c4ccc(C(C)(C)C)cc43)C2CC1=O. The third kappa shape index (κ3) is 6.73. The Balaban J connectivity index is 1.32. The van der Waals surface area contributed by atoms with Crippen LogP contribution in [0, 0.1) is 5.92 Å². The molecule has 0 aliphatic heterocycles. The summed E-state index contributed by atoms with van der Waals surface area (Å²) in [6.07, 6.45) is 4.40. The molecule has 1 N–H and O–H groups in total. The lowest BCUT2D eigenvalue weighted by Crippen LogP contribution is -2.41. The predicted molar refractivity (Wildman–Crippen MR) is 200 cm³/mol. The fourth-order valence-corrected chi connectivity index (χ4v) is 7.83. The summed E-state index contributed by atoms with van der Waals surface area (Å²) in [5.74, 6) is 1.18. The zero-order valence-electron chi connectivity index (χ0n) is 31.6. The minimum absolute atomic E-state index is 0.0319. The number of aryl methyl sites for hydroxylation is 1. The van der Waals surface area contributed by atoms with Crippen molar-refractivity contribution in [2.24, 2.45) is 5.92 Å². The van der Waals surface area contributed by atoms with Gasteiger partial charge >= 0.3 is 6.09 Å². The summed E-state index contributed by atoms with van der Waals surface area (Å²) in [6, 6.07) is 15.0. The molecule has 2 unspecified atom stereocenters. The molecule has 3 aliphatic carbocycles. The number of alkyl carbamates (subject to hydrolysis) is 1. The van der Waals surface area contributed by atoms with E-state index in [0.717, 1.165) is 16.7 Å². The van der Waals surface area contributed by atoms with Crippen LogP contribution in [0.1, 0.15) is 93.7 Å². The van der Waals surface area contributed by atoms with E-state index in [4.69, 9.17) is 23.7 Å². The molecule has 270 valence electrons. The van der Waals surface area contributed by atoms with Crippen LogP contribution >= 0.6 is 0 Å². The number of ketones is 1. The van der Waals surface area contributed by atoms with Crippen molar-refractivity contribution in [1.29, 1.82) is 0 Å². The van der Waals surface area contributed by atoms with Crippen molar-refractivity contribution in [3.63, 3.8) is 0 Å². The monoisotopic (exact) mass is 693 g/mol. The molecule has 3 aromatic rings. The lowest BCUT2D eigenvalue weighted by molar-refractivity contribution is -0.119. The van der Waals surface area contributed by atoms with Gasteiger partial charge in [0.05, 0.1) is 28.4 Å². The van der Waals surface area contributed by atoms with Crippen molar-refractivity contribution in [2.45, 2.75) is 83.6 Å². The Labute approximate surface area is 302 Å². The van der Waals surface area contributed by atoms with Gasteiger partial charge in [0.25, 0.3) is 0 Å². The molecular formula is C43H51NO7. The standard InChI is InChI=1S/C43H51NO7/c1-42(2,3)25-12-14-27-28-15-13-26(43(4,5)6)21-31(28)33(30(27)20-25)23-51-41(46)44-34-17-11-24-19-37(48-8)39(49-9)40(50-10)38(24)29-16-18-36(47-7)35(45)22-32(29)34/h12-16,18-21,32-34H,11,17,22-23H2,1-10H3,(H,44,46). The molecule has 2 atom stereocenters. The van der Waals surface area contributed by atoms with Crippen LogP contribution in [0.5, 0.6) is 17.2 Å². The van der Waals surface area contributed by atoms with Gasteiger partial charge in [-0.25, -0.2) is 4.79 Å². The van der Waals surface area contributed by atoms with E-state index in [9.17, 15) is 9.59 Å². The number of rotatable bonds is 7. The number of ether oxygens (including phenoxy) is 5. The van der Waals surface area contributed by atoms with Gasteiger partial charge in [0.1, 0.15) is 6.61 Å². The maximum Gasteiger partial charge on any atom is 0.407 e. The Morgan fingerprint density at radius 2 is 1.39 bits per heavy atom. The van der Waals surface area contributed by atoms with Crippen LogP contribution in [-0.4, -0.2) is 53.0 Å². The van der Waals surface area contributed by atoms with Gasteiger partial charge in [-0.3, -0.25) is 4.79 Å². The zero-order valence-corrected chi connectivity index (χ0v) is 31.6. The molecule has 0 radical (unpaired) electrons. The van der Waals surface area contributed by atoms with Crippen LogP contribution in [0.15, 0.2) is 60.4 Å². The van der Waals surface area contributed by atoms with Gasteiger partial charge in [-0.2, -0.15) is 0 Å². The first-order valence-corrected chi connectivity index (χ1v) is 17.7. The first kappa shape index (κ1) is 36.1. The lowest BCUT2D eigenvalue weighted by Gasteiger charge is -2.28. The van der Waals surface area contributed by atoms with E-state index >= 15 is 0 Å². The van der Waals surface area contributed by atoms with Gasteiger partial charge < -0.3 is 29.0 Å². The average Bonchev–Trinajstić information content (AvgIpc) is 3.20. The Bertz CT molecular complexity index is 1860. The molecule has 0 bridgehead atoms. The summed E-state index contributed by atoms with van der Waals surface area (Å²) in [4.78, 5) is 27.3. The highest BCUT2D eigenvalue weighted by molar-refractivity contribution is 5.97. The van der Waals surface area contributed by atoms with Gasteiger partial charge in [0, 0.05) is 29.9 Å². The Morgan fingerprint density at radius 3 is 1.92 bits per heavy atom. The molecule has 0 heterocycles. The molecule has 0 fully saturated rings. The molecule has 51 heavy (non-hydrogen) atoms. The van der Waals surface area contributed by atoms with Crippen molar-refractivity contribution in [3.05, 3.63) is 93.8 Å². The Kier molecular flexibility index (Phi) is 9.75. The van der Waals surface area contributed by atoms with Crippen molar-refractivity contribution < 1.29 is 33.3 Å². The van der Waals surface area contributed by atoms with Gasteiger partial charge in [-0.05, 0) is 80.3 Å². The van der Waals surface area contributed by atoms with Gasteiger partial charge in [-0.15, -0.1) is 0 Å². The average molecular weight is 694 g/mol. The number of benzene rings is 3. The second-order valence-corrected chi connectivity index (χ2v) is 15.8. The van der Waals surface area contributed by atoms with E-state index in [0.29, 0.717) is 30.1 Å². The highest BCUT2D eigenvalue weighted by Crippen LogP contribution is 2.51. The fraction of sp³-hybridized carbons (Fsp3) is 0.442. The van der Waals surface area contributed by atoms with Gasteiger partial charge in [0.2, 0.25) is 5.75 Å². The van der Waals surface area contributed by atoms with E-state index in [1.807, 2.05) is 12.1 Å². The number of carbonyl (C=O) groups is 2. The third-order valence-corrected chi connectivity index (χ3v) is 10.7. The van der Waals surface area contributed by atoms with Crippen LogP contribution < -0.4 is 19.5 Å². The van der Waals surface area contributed by atoms with E-state index in [-0.39, 0.29) is 47.2 Å². The smallest absolute Gasteiger partial charge is 0.407 e. The number of Topliss-reactive ketones (excluding diaryl/α,β-unsaturated/α-hetero) is 1. The first-order valence-electron chi connectivity index (χ1n) is 17.7. The van der Waals surface area contributed by atoms with E-state index in [1.54, 1.807) is 27.4 Å². The van der Waals surface area contributed by atoms with Crippen LogP contribution in [-0.2, 0) is 31.5 Å². The number of amides is 1. The molecule has 8 heteroatoms. The molecule has 1 amide bonds. The van der Waals surface area contributed by atoms with Gasteiger partial charge in [0.15, 0.2) is 23.0 Å². The Hall–Kier alpha value is -4.72. The second-order valence-electron chi connectivity index (χ2n) is 15.8. The van der Waals surface area contributed by atoms with Crippen molar-refractivity contribution in [2.75, 3.05) is 35.0 Å². The maximum absolute atomic E-state index is 13.9. The molecule has 0 saturated carbocycles. The number of fused-ring (bicyclic) bond motifs is 6. The highest BCUT2D eigenvalue weighted by Gasteiger charge is 2.39. The summed E-state index contributed by atoms with van der Waals surface area (Å²) in [5.41, 5.74) is 9.80. The van der Waals surface area contributed by atoms with Crippen molar-refractivity contribution in [3.8, 4) is 28.4 Å². The lowest BCUT2D eigenvalue weighted by atomic mass is 9.83. The van der Waals surface area contributed by atoms with Crippen LogP contribution in [0.3, 0.4) is 0 Å². The summed E-state index contributed by atoms with van der Waals surface area (Å²) in [5, 5.41) is 3.19. The number of carbonyl (C=O) groups excluding carboxylic acids is 2. The first-order chi connectivity index (χ1) is 24.2. The minimum atomic E-state index is -0.516. The number of allylic oxidation sites excluding steroid dienone is 3. The van der Waals surface area contributed by atoms with Gasteiger partial charge in [-0.1, -0.05) is 84.0 Å². The molecule has 3 aliphatic rings. The molecule has 0 aromatic heterocycles. The Morgan fingerprint density at radius 1 is 0.784 bits per heavy atom. The predicted octanol–water partition coefficient (Wildman–Crippen LogP) is 8.66. The number of methoxy groups -OCH3 is 4. The van der Waals surface area contributed by atoms with Crippen molar-refractivity contribution in [1.82, 2.24) is 5.32 Å². The molecule has 0 spiro atoms. The molecule has 8 nitrogen and oxygen atoms in total. The van der Waals surface area contributed by atoms with Crippen molar-refractivity contribution >= 4 is 17.4 Å². The number of hydrogen-bond acceptors (Lipinski definition) is 7. The maximum atomic E-state index is 13.9. The molecular weight excluding hydrogens is 642 g/mol. The molecule has 0 saturated heterocycles. The normalized spacial score (nSPS) is 18.5. The summed E-state index contributed by atoms with van der Waals surface area (Å²) < 4.78 is 29.0. The summed E-state index contributed by atoms with van der Waals surface area (Å²) in [6.45, 7) is 13.5. The summed E-state index contributed by atoms with van der Waals surface area (Å²) >= 11 is 0. The topological polar surface area (TPSA) is 92.3 Å². The van der Waals surface area contributed by atoms with Crippen LogP contribution in [0.2, 0.25) is 0 Å². The molecule has 3 aromatic carbocycles. The van der Waals surface area contributed by atoms with E-state index in [2.05, 4.69) is 83.3 Å². The number of hydrogen-bond donors (Lipinski definition) is 1. The number of nitrogens with one attached hydrogen (secondary N) is 1. The van der Waals surface area contributed by atoms with E-state index < -0.39 is 12.1 Å². The fourth-order valence-electron chi connectivity index (χ4n) is 7.83. The summed E-state index contributed by atoms with van der Waals surface area (Å²) in [7, 11) is 6.25. The highest BCUT2D eigenvalue weighted by atomic mass is 16.5. The second kappa shape index (κ2) is 13.8. The quantitative estimate of drug-likeness (QED) is 0.265. The van der Waals surface area contributed by atoms with E-state index in [1.165, 1.54) is 40.5 Å². The van der Waals surface area contributed by atoms with Crippen LogP contribution in [0.25, 0.3) is 16.7 Å². The minimum Gasteiger partial charge on any atom is -0.493 e. The van der Waals surface area contributed by atoms with Crippen LogP contribution in [0.4, 0.5) is 4.79 Å². The largest absolute Gasteiger partial charge is 0.493 e.